The maximum atomic E-state index is 12.8. The quantitative estimate of drug-likeness (QED) is 0.787. The lowest BCUT2D eigenvalue weighted by Crippen LogP contribution is -3.14. The van der Waals surface area contributed by atoms with Crippen molar-refractivity contribution in [1.29, 1.82) is 0 Å². The first-order chi connectivity index (χ1) is 10.7. The second-order valence-corrected chi connectivity index (χ2v) is 8.72. The average Bonchev–Trinajstić information content (AvgIpc) is 2.57. The largest absolute Gasteiger partial charge is 0.334 e. The molecule has 0 aromatic carbocycles. The van der Waals surface area contributed by atoms with Gasteiger partial charge < -0.3 is 4.90 Å². The zero-order valence-electron chi connectivity index (χ0n) is 14.0. The Morgan fingerprint density at radius 1 is 0.864 bits per heavy atom. The lowest BCUT2D eigenvalue weighted by molar-refractivity contribution is -0.911. The summed E-state index contributed by atoms with van der Waals surface area (Å²) in [6.07, 6.45) is 13.7. The molecule has 2 aliphatic carbocycles. The first kappa shape index (κ1) is 16.8. The van der Waals surface area contributed by atoms with E-state index < -0.39 is 0 Å². The van der Waals surface area contributed by atoms with Crippen LogP contribution in [0.4, 0.5) is 0 Å². The van der Waals surface area contributed by atoms with Crippen molar-refractivity contribution in [2.24, 2.45) is 17.8 Å². The van der Waals surface area contributed by atoms with Gasteiger partial charge in [-0.1, -0.05) is 19.3 Å². The molecule has 0 amide bonds. The van der Waals surface area contributed by atoms with Crippen molar-refractivity contribution < 1.29 is 9.69 Å². The van der Waals surface area contributed by atoms with Gasteiger partial charge in [-0.15, -0.1) is 11.6 Å². The second-order valence-electron chi connectivity index (χ2n) is 8.10. The third-order valence-electron chi connectivity index (χ3n) is 6.38. The Hall–Kier alpha value is -0.0800. The van der Waals surface area contributed by atoms with Crippen molar-refractivity contribution in [3.05, 3.63) is 0 Å². The lowest BCUT2D eigenvalue weighted by atomic mass is 9.79. The van der Waals surface area contributed by atoms with Crippen LogP contribution < -0.4 is 4.90 Å². The number of piperidine rings is 1. The highest BCUT2D eigenvalue weighted by atomic mass is 35.5. The molecule has 1 heterocycles. The first-order valence-corrected chi connectivity index (χ1v) is 10.2. The third kappa shape index (κ3) is 4.47. The molecule has 0 aromatic heterocycles. The van der Waals surface area contributed by atoms with Crippen molar-refractivity contribution in [3.63, 3.8) is 0 Å². The minimum absolute atomic E-state index is 0.371. The van der Waals surface area contributed by atoms with Crippen LogP contribution in [0.5, 0.6) is 0 Å². The molecule has 126 valence electrons. The van der Waals surface area contributed by atoms with Gasteiger partial charge in [-0.25, -0.2) is 0 Å². The van der Waals surface area contributed by atoms with E-state index in [1.807, 2.05) is 0 Å². The minimum Gasteiger partial charge on any atom is -0.334 e. The SMILES string of the molecule is O=C(C1CCCCC1)C1CCC[NH+](CC2CCC(Cl)CC2)C1. The van der Waals surface area contributed by atoms with Gasteiger partial charge in [0.25, 0.3) is 0 Å². The van der Waals surface area contributed by atoms with Crippen molar-refractivity contribution in [2.45, 2.75) is 76.0 Å². The van der Waals surface area contributed by atoms with E-state index in [2.05, 4.69) is 0 Å². The number of ketones is 1. The molecule has 22 heavy (non-hydrogen) atoms. The van der Waals surface area contributed by atoms with Crippen molar-refractivity contribution in [1.82, 2.24) is 0 Å². The molecular formula is C19H33ClNO+. The van der Waals surface area contributed by atoms with E-state index in [-0.39, 0.29) is 0 Å². The molecule has 1 saturated heterocycles. The minimum atomic E-state index is 0.371. The number of quaternary nitrogens is 1. The van der Waals surface area contributed by atoms with Gasteiger partial charge in [-0.3, -0.25) is 4.79 Å². The van der Waals surface area contributed by atoms with Gasteiger partial charge in [-0.2, -0.15) is 0 Å². The maximum Gasteiger partial charge on any atom is 0.144 e. The fraction of sp³-hybridized carbons (Fsp3) is 0.947. The lowest BCUT2D eigenvalue weighted by Gasteiger charge is -2.35. The summed E-state index contributed by atoms with van der Waals surface area (Å²) in [4.78, 5) is 14.5. The maximum absolute atomic E-state index is 12.8. The fourth-order valence-corrected chi connectivity index (χ4v) is 5.29. The average molecular weight is 327 g/mol. The van der Waals surface area contributed by atoms with Gasteiger partial charge in [0.2, 0.25) is 0 Å². The van der Waals surface area contributed by atoms with E-state index in [4.69, 9.17) is 11.6 Å². The number of rotatable bonds is 4. The molecule has 1 N–H and O–H groups in total. The van der Waals surface area contributed by atoms with E-state index in [9.17, 15) is 4.79 Å². The van der Waals surface area contributed by atoms with E-state index in [1.165, 1.54) is 77.3 Å². The van der Waals surface area contributed by atoms with E-state index in [0.717, 1.165) is 18.9 Å². The molecule has 2 unspecified atom stereocenters. The van der Waals surface area contributed by atoms with Gasteiger partial charge in [-0.05, 0) is 51.4 Å². The highest BCUT2D eigenvalue weighted by Gasteiger charge is 2.34. The van der Waals surface area contributed by atoms with Crippen LogP contribution in [0.3, 0.4) is 0 Å². The predicted octanol–water partition coefficient (Wildman–Crippen LogP) is 3.23. The Balaban J connectivity index is 1.47. The molecule has 2 nitrogen and oxygen atoms in total. The molecule has 0 bridgehead atoms. The summed E-state index contributed by atoms with van der Waals surface area (Å²) in [6, 6.07) is 0. The normalized spacial score (nSPS) is 37.9. The number of alkyl halides is 1. The number of carbonyl (C=O) groups excluding carboxylic acids is 1. The molecular weight excluding hydrogens is 294 g/mol. The summed E-state index contributed by atoms with van der Waals surface area (Å²) in [5.74, 6) is 2.26. The number of carbonyl (C=O) groups is 1. The molecule has 1 aliphatic heterocycles. The number of likely N-dealkylation sites (tertiary alicyclic amines) is 1. The monoisotopic (exact) mass is 326 g/mol. The summed E-state index contributed by atoms with van der Waals surface area (Å²) in [5.41, 5.74) is 0. The van der Waals surface area contributed by atoms with Crippen LogP contribution in [0.15, 0.2) is 0 Å². The van der Waals surface area contributed by atoms with E-state index in [0.29, 0.717) is 23.0 Å². The Morgan fingerprint density at radius 3 is 2.27 bits per heavy atom. The molecule has 3 aliphatic rings. The molecule has 0 radical (unpaired) electrons. The summed E-state index contributed by atoms with van der Waals surface area (Å²) in [5, 5.41) is 0.424. The molecule has 0 aromatic rings. The summed E-state index contributed by atoms with van der Waals surface area (Å²) < 4.78 is 0. The summed E-state index contributed by atoms with van der Waals surface area (Å²) in [7, 11) is 0. The zero-order valence-corrected chi connectivity index (χ0v) is 14.8. The van der Waals surface area contributed by atoms with Gasteiger partial charge >= 0.3 is 0 Å². The van der Waals surface area contributed by atoms with Gasteiger partial charge in [0.1, 0.15) is 5.78 Å². The Morgan fingerprint density at radius 2 is 1.55 bits per heavy atom. The summed E-state index contributed by atoms with van der Waals surface area (Å²) in [6.45, 7) is 3.70. The summed E-state index contributed by atoms with van der Waals surface area (Å²) >= 11 is 6.22. The Labute approximate surface area is 141 Å². The number of hydrogen-bond donors (Lipinski definition) is 1. The third-order valence-corrected chi connectivity index (χ3v) is 6.82. The van der Waals surface area contributed by atoms with Crippen LogP contribution in [-0.2, 0) is 4.79 Å². The van der Waals surface area contributed by atoms with Crippen LogP contribution in [0.1, 0.15) is 70.6 Å². The van der Waals surface area contributed by atoms with Crippen molar-refractivity contribution in [2.75, 3.05) is 19.6 Å². The van der Waals surface area contributed by atoms with Gasteiger partial charge in [0, 0.05) is 17.2 Å². The van der Waals surface area contributed by atoms with Gasteiger partial charge in [0.15, 0.2) is 0 Å². The highest BCUT2D eigenvalue weighted by Crippen LogP contribution is 2.29. The number of Topliss-reactive ketones (excluding diaryl/α,β-unsaturated/α-hetero) is 1. The highest BCUT2D eigenvalue weighted by molar-refractivity contribution is 6.20. The smallest absolute Gasteiger partial charge is 0.144 e. The fourth-order valence-electron chi connectivity index (χ4n) is 5.03. The number of hydrogen-bond acceptors (Lipinski definition) is 1. The Bertz CT molecular complexity index is 358. The van der Waals surface area contributed by atoms with Crippen LogP contribution in [0.2, 0.25) is 0 Å². The topological polar surface area (TPSA) is 21.5 Å². The van der Waals surface area contributed by atoms with Crippen molar-refractivity contribution in [3.8, 4) is 0 Å². The second kappa shape index (κ2) is 8.15. The van der Waals surface area contributed by atoms with Crippen LogP contribution in [-0.4, -0.2) is 30.8 Å². The zero-order chi connectivity index (χ0) is 15.4. The molecule has 3 rings (SSSR count). The predicted molar refractivity (Wildman–Crippen MR) is 91.5 cm³/mol. The standard InChI is InChI=1S/C19H32ClNO/c20-18-10-8-15(9-11-18)13-21-12-4-7-17(14-21)19(22)16-5-2-1-3-6-16/h15-18H,1-14H2/p+1. The molecule has 3 fully saturated rings. The van der Waals surface area contributed by atoms with E-state index >= 15 is 0 Å². The Kier molecular flexibility index (Phi) is 6.21. The first-order valence-electron chi connectivity index (χ1n) is 9.73. The van der Waals surface area contributed by atoms with Gasteiger partial charge in [0.05, 0.1) is 25.6 Å². The molecule has 2 saturated carbocycles. The van der Waals surface area contributed by atoms with Crippen LogP contribution >= 0.6 is 11.6 Å². The van der Waals surface area contributed by atoms with Crippen LogP contribution in [0.25, 0.3) is 0 Å². The van der Waals surface area contributed by atoms with Crippen molar-refractivity contribution >= 4 is 17.4 Å². The number of nitrogens with one attached hydrogen (secondary N) is 1. The number of halogens is 1. The molecule has 2 atom stereocenters. The van der Waals surface area contributed by atoms with E-state index in [1.54, 1.807) is 4.90 Å². The van der Waals surface area contributed by atoms with Crippen LogP contribution in [0, 0.1) is 17.8 Å². The molecule has 3 heteroatoms. The molecule has 0 spiro atoms.